The van der Waals surface area contributed by atoms with Crippen LogP contribution in [0, 0.1) is 0 Å². The minimum Gasteiger partial charge on any atom is -0.494 e. The Balaban J connectivity index is 1.30. The lowest BCUT2D eigenvalue weighted by Crippen LogP contribution is -2.41. The lowest BCUT2D eigenvalue weighted by atomic mass is 9.89. The zero-order valence-electron chi connectivity index (χ0n) is 20.8. The predicted octanol–water partition coefficient (Wildman–Crippen LogP) is 4.71. The summed E-state index contributed by atoms with van der Waals surface area (Å²) in [5.41, 5.74) is 2.56. The van der Waals surface area contributed by atoms with Gasteiger partial charge in [-0.15, -0.1) is 0 Å². The molecule has 2 aromatic carbocycles. The zero-order valence-corrected chi connectivity index (χ0v) is 20.8. The van der Waals surface area contributed by atoms with Gasteiger partial charge in [-0.25, -0.2) is 4.79 Å². The third-order valence-electron chi connectivity index (χ3n) is 6.91. The normalized spacial score (nSPS) is 18.7. The number of anilines is 1. The van der Waals surface area contributed by atoms with Gasteiger partial charge >= 0.3 is 6.03 Å². The second-order valence-corrected chi connectivity index (χ2v) is 9.46. The van der Waals surface area contributed by atoms with Crippen LogP contribution in [0.25, 0.3) is 0 Å². The number of carbonyl (C=O) groups is 2. The Hall–Kier alpha value is -3.06. The second kappa shape index (κ2) is 12.6. The molecule has 35 heavy (non-hydrogen) atoms. The van der Waals surface area contributed by atoms with Crippen LogP contribution >= 0.6 is 0 Å². The number of carbonyl (C=O) groups excluding carboxylic acids is 2. The molecule has 2 aromatic rings. The lowest BCUT2D eigenvalue weighted by molar-refractivity contribution is 0.0946. The number of amides is 3. The van der Waals surface area contributed by atoms with Gasteiger partial charge in [-0.3, -0.25) is 4.79 Å². The summed E-state index contributed by atoms with van der Waals surface area (Å²) in [5, 5.41) is 6.07. The van der Waals surface area contributed by atoms with Gasteiger partial charge in [0.1, 0.15) is 5.75 Å². The van der Waals surface area contributed by atoms with Crippen LogP contribution in [-0.4, -0.2) is 67.6 Å². The Morgan fingerprint density at radius 1 is 1.00 bits per heavy atom. The van der Waals surface area contributed by atoms with E-state index in [0.717, 1.165) is 56.0 Å². The summed E-state index contributed by atoms with van der Waals surface area (Å²) in [6.07, 6.45) is 5.78. The number of likely N-dealkylation sites (tertiary alicyclic amines) is 2. The summed E-state index contributed by atoms with van der Waals surface area (Å²) >= 11 is 0. The molecule has 2 heterocycles. The molecule has 188 valence electrons. The van der Waals surface area contributed by atoms with Crippen molar-refractivity contribution < 1.29 is 14.3 Å². The number of benzene rings is 2. The largest absolute Gasteiger partial charge is 0.494 e. The van der Waals surface area contributed by atoms with Gasteiger partial charge in [0.25, 0.3) is 5.91 Å². The molecule has 2 fully saturated rings. The van der Waals surface area contributed by atoms with E-state index in [2.05, 4.69) is 21.6 Å². The fourth-order valence-electron chi connectivity index (χ4n) is 4.98. The van der Waals surface area contributed by atoms with Crippen LogP contribution in [0.2, 0.25) is 0 Å². The average Bonchev–Trinajstić information content (AvgIpc) is 2.90. The number of hydrogen-bond donors (Lipinski definition) is 2. The number of nitrogens with one attached hydrogen (secondary N) is 2. The maximum Gasteiger partial charge on any atom is 0.321 e. The van der Waals surface area contributed by atoms with Gasteiger partial charge in [-0.05, 0) is 87.7 Å². The first kappa shape index (κ1) is 25.0. The Bertz CT molecular complexity index is 972. The van der Waals surface area contributed by atoms with Gasteiger partial charge in [0.05, 0.1) is 6.61 Å². The highest BCUT2D eigenvalue weighted by Crippen LogP contribution is 2.28. The molecule has 0 saturated carbocycles. The molecule has 4 rings (SSSR count). The molecule has 0 aromatic heterocycles. The summed E-state index contributed by atoms with van der Waals surface area (Å²) in [4.78, 5) is 29.9. The van der Waals surface area contributed by atoms with E-state index in [1.54, 1.807) is 0 Å². The summed E-state index contributed by atoms with van der Waals surface area (Å²) in [7, 11) is 0. The van der Waals surface area contributed by atoms with E-state index in [4.69, 9.17) is 4.74 Å². The molecule has 0 radical (unpaired) electrons. The summed E-state index contributed by atoms with van der Waals surface area (Å²) in [6, 6.07) is 15.2. The van der Waals surface area contributed by atoms with Gasteiger partial charge in [0.2, 0.25) is 0 Å². The van der Waals surface area contributed by atoms with Crippen molar-refractivity contribution in [2.24, 2.45) is 0 Å². The number of nitrogens with zero attached hydrogens (tertiary/aromatic N) is 2. The van der Waals surface area contributed by atoms with Crippen molar-refractivity contribution in [2.75, 3.05) is 51.2 Å². The molecule has 3 amide bonds. The number of piperidine rings is 2. The highest BCUT2D eigenvalue weighted by molar-refractivity contribution is 5.94. The molecule has 0 unspecified atom stereocenters. The lowest BCUT2D eigenvalue weighted by Gasteiger charge is -2.33. The molecular weight excluding hydrogens is 440 g/mol. The number of hydrogen-bond acceptors (Lipinski definition) is 4. The summed E-state index contributed by atoms with van der Waals surface area (Å²) in [6.45, 7) is 7.78. The molecule has 2 N–H and O–H groups in total. The van der Waals surface area contributed by atoms with E-state index < -0.39 is 0 Å². The van der Waals surface area contributed by atoms with Crippen molar-refractivity contribution in [2.45, 2.75) is 44.9 Å². The van der Waals surface area contributed by atoms with Gasteiger partial charge in [0.15, 0.2) is 0 Å². The molecule has 0 spiro atoms. The quantitative estimate of drug-likeness (QED) is 0.576. The maximum absolute atomic E-state index is 12.9. The van der Waals surface area contributed by atoms with Crippen molar-refractivity contribution in [3.05, 3.63) is 59.7 Å². The highest BCUT2D eigenvalue weighted by Gasteiger charge is 2.25. The second-order valence-electron chi connectivity index (χ2n) is 9.46. The molecule has 7 nitrogen and oxygen atoms in total. The van der Waals surface area contributed by atoms with Crippen molar-refractivity contribution >= 4 is 17.6 Å². The Labute approximate surface area is 208 Å². The first-order chi connectivity index (χ1) is 17.1. The smallest absolute Gasteiger partial charge is 0.321 e. The topological polar surface area (TPSA) is 73.9 Å². The standard InChI is InChI=1S/C28H38N4O3/c1-2-35-26-13-11-25(12-14-26)30-28(34)32-18-7-10-24(21-32)22-8-6-9-23(20-22)27(33)29-15-19-31-16-4-3-5-17-31/h6,8-9,11-14,20,24H,2-5,7,10,15-19,21H2,1H3,(H,29,33)(H,30,34)/t24-/m0/s1. The van der Waals surface area contributed by atoms with E-state index in [1.165, 1.54) is 19.3 Å². The molecule has 0 aliphatic carbocycles. The van der Waals surface area contributed by atoms with Crippen LogP contribution < -0.4 is 15.4 Å². The SMILES string of the molecule is CCOc1ccc(NC(=O)N2CCC[C@H](c3cccc(C(=O)NCCN4CCCCC4)c3)C2)cc1. The van der Waals surface area contributed by atoms with Crippen LogP contribution in [0.5, 0.6) is 5.75 Å². The van der Waals surface area contributed by atoms with Crippen LogP contribution in [0.3, 0.4) is 0 Å². The van der Waals surface area contributed by atoms with Crippen molar-refractivity contribution in [1.29, 1.82) is 0 Å². The highest BCUT2D eigenvalue weighted by atomic mass is 16.5. The molecular formula is C28H38N4O3. The van der Waals surface area contributed by atoms with Crippen molar-refractivity contribution in [1.82, 2.24) is 15.1 Å². The zero-order chi connectivity index (χ0) is 24.5. The maximum atomic E-state index is 12.9. The third kappa shape index (κ3) is 7.21. The first-order valence-corrected chi connectivity index (χ1v) is 13.0. The van der Waals surface area contributed by atoms with Crippen LogP contribution in [0.1, 0.15) is 60.9 Å². The predicted molar refractivity (Wildman–Crippen MR) is 139 cm³/mol. The molecule has 2 aliphatic heterocycles. The average molecular weight is 479 g/mol. The fraction of sp³-hybridized carbons (Fsp3) is 0.500. The van der Waals surface area contributed by atoms with E-state index in [0.29, 0.717) is 25.3 Å². The fourth-order valence-corrected chi connectivity index (χ4v) is 4.98. The van der Waals surface area contributed by atoms with Crippen LogP contribution in [0.15, 0.2) is 48.5 Å². The van der Waals surface area contributed by atoms with E-state index in [9.17, 15) is 9.59 Å². The monoisotopic (exact) mass is 478 g/mol. The summed E-state index contributed by atoms with van der Waals surface area (Å²) < 4.78 is 5.47. The minimum absolute atomic E-state index is 0.0234. The Kier molecular flexibility index (Phi) is 9.01. The number of urea groups is 1. The molecule has 0 bridgehead atoms. The number of rotatable bonds is 8. The molecule has 2 saturated heterocycles. The summed E-state index contributed by atoms with van der Waals surface area (Å²) in [5.74, 6) is 0.986. The van der Waals surface area contributed by atoms with Crippen molar-refractivity contribution in [3.8, 4) is 5.75 Å². The van der Waals surface area contributed by atoms with Crippen LogP contribution in [-0.2, 0) is 0 Å². The third-order valence-corrected chi connectivity index (χ3v) is 6.91. The molecule has 7 heteroatoms. The first-order valence-electron chi connectivity index (χ1n) is 13.0. The Morgan fingerprint density at radius 2 is 1.80 bits per heavy atom. The molecule has 1 atom stereocenters. The molecule has 2 aliphatic rings. The van der Waals surface area contributed by atoms with Gasteiger partial charge < -0.3 is 25.2 Å². The minimum atomic E-state index is -0.0922. The van der Waals surface area contributed by atoms with E-state index >= 15 is 0 Å². The number of ether oxygens (including phenoxy) is 1. The van der Waals surface area contributed by atoms with Crippen LogP contribution in [0.4, 0.5) is 10.5 Å². The van der Waals surface area contributed by atoms with Gasteiger partial charge in [-0.1, -0.05) is 18.6 Å². The van der Waals surface area contributed by atoms with Gasteiger partial charge in [-0.2, -0.15) is 0 Å². The van der Waals surface area contributed by atoms with Gasteiger partial charge in [0, 0.05) is 43.3 Å². The van der Waals surface area contributed by atoms with E-state index in [-0.39, 0.29) is 17.9 Å². The Morgan fingerprint density at radius 3 is 2.57 bits per heavy atom. The van der Waals surface area contributed by atoms with Crippen molar-refractivity contribution in [3.63, 3.8) is 0 Å². The van der Waals surface area contributed by atoms with E-state index in [1.807, 2.05) is 54.3 Å².